The molecule has 372 valence electrons. The molecule has 1 aliphatic carbocycles. The molecule has 21 heteroatoms. The first-order chi connectivity index (χ1) is 31.7. The molecule has 4 N–H and O–H groups in total. The number of rotatable bonds is 21. The summed E-state index contributed by atoms with van der Waals surface area (Å²) in [5.74, 6) is -0.227. The Morgan fingerprint density at radius 1 is 0.739 bits per heavy atom. The third-order valence-corrected chi connectivity index (χ3v) is 16.0. The molecule has 3 aromatic rings. The van der Waals surface area contributed by atoms with Gasteiger partial charge in [-0.15, -0.1) is 0 Å². The molecule has 0 amide bonds. The fourth-order valence-electron chi connectivity index (χ4n) is 9.35. The van der Waals surface area contributed by atoms with E-state index in [2.05, 4.69) is 0 Å². The van der Waals surface area contributed by atoms with Crippen LogP contribution in [0.15, 0.2) is 112 Å². The molecule has 0 bridgehead atoms. The predicted octanol–water partition coefficient (Wildman–Crippen LogP) is 6.85. The second-order valence-corrected chi connectivity index (χ2v) is 24.3. The molecule has 3 aromatic carbocycles. The van der Waals surface area contributed by atoms with Gasteiger partial charge in [0, 0.05) is 54.1 Å². The minimum absolute atomic E-state index is 0. The van der Waals surface area contributed by atoms with Crippen LogP contribution in [0.25, 0.3) is 5.57 Å². The van der Waals surface area contributed by atoms with Crippen LogP contribution >= 0.6 is 0 Å². The number of fused-ring (bicyclic) bond motifs is 2. The average molecular weight is 1040 g/mol. The van der Waals surface area contributed by atoms with Crippen molar-refractivity contribution in [3.63, 3.8) is 0 Å². The van der Waals surface area contributed by atoms with Crippen molar-refractivity contribution in [1.29, 1.82) is 0 Å². The van der Waals surface area contributed by atoms with Gasteiger partial charge in [0.2, 0.25) is 5.69 Å². The summed E-state index contributed by atoms with van der Waals surface area (Å²) in [6, 6.07) is 16.3. The van der Waals surface area contributed by atoms with Gasteiger partial charge in [0.15, 0.2) is 5.71 Å². The summed E-state index contributed by atoms with van der Waals surface area (Å²) in [5, 5.41) is 9.33. The number of anilines is 1. The molecular formula is C48H61N2NaO14S4. The summed E-state index contributed by atoms with van der Waals surface area (Å²) in [6.45, 7) is 8.82. The third kappa shape index (κ3) is 13.9. The van der Waals surface area contributed by atoms with Crippen LogP contribution in [0.1, 0.15) is 102 Å². The standard InChI is InChI=1S/C48H60N2O14S4.Na.H/c1-47(2)40-32-38(67(58,59)60)19-21-42(40)49(25-5-9-29-65(52,53)54)44(47)23-17-34-13-11-14-35(46(34)36-15-12-16-37(31-36)64-28-8-7-27-51)18-24-45-48(3,4)41-33-39(68(61,62)63)20-22-43(41)50(45)26-6-10-30-66(55,56)57;;/h12,15-24,31-33,51H,5-11,13-14,25-30H2,1-4H3,(H3-,52,53,54,55,56,57,58,59,60,61,62,63);;. The molecule has 0 fully saturated rings. The quantitative estimate of drug-likeness (QED) is 0.0368. The summed E-state index contributed by atoms with van der Waals surface area (Å²) >= 11 is 0. The van der Waals surface area contributed by atoms with Crippen molar-refractivity contribution in [2.24, 2.45) is 0 Å². The van der Waals surface area contributed by atoms with E-state index < -0.39 is 62.8 Å². The van der Waals surface area contributed by atoms with Crippen LogP contribution in [0.4, 0.5) is 11.4 Å². The van der Waals surface area contributed by atoms with Crippen molar-refractivity contribution in [2.75, 3.05) is 42.7 Å². The van der Waals surface area contributed by atoms with E-state index in [1.54, 1.807) is 12.1 Å². The summed E-state index contributed by atoms with van der Waals surface area (Å²) < 4.78 is 144. The molecule has 0 saturated heterocycles. The molecule has 6 rings (SSSR count). The number of hydrogen-bond donors (Lipinski definition) is 4. The van der Waals surface area contributed by atoms with Crippen molar-refractivity contribution in [3.8, 4) is 5.75 Å². The zero-order valence-corrected chi connectivity index (χ0v) is 41.9. The maximum absolute atomic E-state index is 12.3. The first kappa shape index (κ1) is 56.4. The fraction of sp³-hybridized carbons (Fsp3) is 0.438. The van der Waals surface area contributed by atoms with Crippen molar-refractivity contribution in [2.45, 2.75) is 106 Å². The number of unbranched alkanes of at least 4 members (excludes halogenated alkanes) is 3. The molecule has 0 saturated carbocycles. The molecule has 2 aliphatic heterocycles. The molecule has 0 aromatic heterocycles. The number of aliphatic hydroxyl groups excluding tert-OH is 1. The molecule has 3 aliphatic rings. The van der Waals surface area contributed by atoms with Crippen LogP contribution in [0.5, 0.6) is 5.75 Å². The Bertz CT molecular complexity index is 3050. The van der Waals surface area contributed by atoms with E-state index >= 15 is 0 Å². The first-order valence-electron chi connectivity index (χ1n) is 22.4. The zero-order chi connectivity index (χ0) is 49.9. The minimum atomic E-state index is -4.79. The monoisotopic (exact) mass is 1040 g/mol. The second-order valence-electron chi connectivity index (χ2n) is 18.3. The van der Waals surface area contributed by atoms with Gasteiger partial charge in [-0.05, 0) is 142 Å². The second kappa shape index (κ2) is 22.5. The van der Waals surface area contributed by atoms with Crippen molar-refractivity contribution >= 4 is 92.7 Å². The van der Waals surface area contributed by atoms with Crippen LogP contribution < -0.4 is 9.64 Å². The van der Waals surface area contributed by atoms with Gasteiger partial charge >= 0.3 is 29.6 Å². The molecular weight excluding hydrogens is 980 g/mol. The number of nitrogens with zero attached hydrogens (tertiary/aromatic N) is 2. The average Bonchev–Trinajstić information content (AvgIpc) is 3.59. The summed E-state index contributed by atoms with van der Waals surface area (Å²) in [4.78, 5) is 1.37. The molecule has 69 heavy (non-hydrogen) atoms. The van der Waals surface area contributed by atoms with Gasteiger partial charge in [-0.2, -0.15) is 29.8 Å². The van der Waals surface area contributed by atoms with Crippen LogP contribution in [0.3, 0.4) is 0 Å². The molecule has 2 heterocycles. The van der Waals surface area contributed by atoms with Gasteiger partial charge in [0.05, 0.1) is 33.3 Å². The van der Waals surface area contributed by atoms with Gasteiger partial charge in [-0.1, -0.05) is 38.1 Å². The Labute approximate surface area is 428 Å². The predicted molar refractivity (Wildman–Crippen MR) is 267 cm³/mol. The van der Waals surface area contributed by atoms with E-state index in [1.165, 1.54) is 24.3 Å². The number of allylic oxidation sites excluding steroid dienone is 8. The van der Waals surface area contributed by atoms with E-state index in [9.17, 15) is 57.0 Å². The Hall–Kier alpha value is -3.51. The van der Waals surface area contributed by atoms with E-state index in [0.29, 0.717) is 86.5 Å². The van der Waals surface area contributed by atoms with Gasteiger partial charge in [-0.3, -0.25) is 13.7 Å². The van der Waals surface area contributed by atoms with Crippen molar-refractivity contribution in [3.05, 3.63) is 119 Å². The Morgan fingerprint density at radius 3 is 2.06 bits per heavy atom. The normalized spacial score (nSPS) is 18.3. The number of aliphatic hydroxyl groups is 1. The maximum atomic E-state index is 12.3. The zero-order valence-electron chi connectivity index (χ0n) is 38.6. The molecule has 0 unspecified atom stereocenters. The first-order valence-corrected chi connectivity index (χ1v) is 28.5. The molecule has 16 nitrogen and oxygen atoms in total. The summed E-state index contributed by atoms with van der Waals surface area (Å²) in [5.41, 5.74) is 6.22. The van der Waals surface area contributed by atoms with E-state index in [1.807, 2.05) is 85.7 Å². The van der Waals surface area contributed by atoms with E-state index in [4.69, 9.17) is 4.74 Å². The van der Waals surface area contributed by atoms with Gasteiger partial charge in [-0.25, -0.2) is 8.42 Å². The number of hydrogen-bond acceptors (Lipinski definition) is 12. The van der Waals surface area contributed by atoms with E-state index in [-0.39, 0.29) is 58.8 Å². The van der Waals surface area contributed by atoms with Crippen LogP contribution in [-0.4, -0.2) is 135 Å². The topological polar surface area (TPSA) is 256 Å². The number of benzene rings is 3. The Morgan fingerprint density at radius 2 is 1.41 bits per heavy atom. The SMILES string of the molecule is CC1(C)C(=CC=C2CCCC(C=CC3=[N+](CCCCS(=O)(=O)O)c4ccc(S(=O)(=O)[O-])cc4C3(C)C)=C2c2cccc(OCCCCO)c2)N(CCCCS(=O)(=O)O)c2ccc(S(=O)(=O)O)cc21.[NaH]. The molecule has 0 radical (unpaired) electrons. The van der Waals surface area contributed by atoms with Crippen molar-refractivity contribution < 1.29 is 66.3 Å². The summed E-state index contributed by atoms with van der Waals surface area (Å²) in [6.07, 6.45) is 12.4. The van der Waals surface area contributed by atoms with Crippen LogP contribution in [-0.2, 0) is 51.3 Å². The van der Waals surface area contributed by atoms with Crippen LogP contribution in [0, 0.1) is 0 Å². The molecule has 0 atom stereocenters. The van der Waals surface area contributed by atoms with Gasteiger partial charge in [0.1, 0.15) is 22.4 Å². The van der Waals surface area contributed by atoms with Gasteiger partial charge < -0.3 is 19.3 Å². The van der Waals surface area contributed by atoms with Crippen LogP contribution in [0.2, 0.25) is 0 Å². The fourth-order valence-corrected chi connectivity index (χ4v) is 11.5. The van der Waals surface area contributed by atoms with E-state index in [0.717, 1.165) is 40.1 Å². The number of ether oxygens (including phenoxy) is 1. The van der Waals surface area contributed by atoms with Crippen molar-refractivity contribution in [1.82, 2.24) is 0 Å². The third-order valence-electron chi connectivity index (χ3n) is 12.7. The Balaban J connectivity index is 0.00000888. The molecule has 0 spiro atoms. The van der Waals surface area contributed by atoms with Gasteiger partial charge in [0.25, 0.3) is 30.4 Å². The summed E-state index contributed by atoms with van der Waals surface area (Å²) in [7, 11) is -17.7. The Kier molecular flexibility index (Phi) is 18.4.